The third-order valence-corrected chi connectivity index (χ3v) is 7.86. The largest absolute Gasteiger partial charge is 0.497 e. The van der Waals surface area contributed by atoms with Crippen LogP contribution in [0.3, 0.4) is 0 Å². The molecule has 1 aliphatic rings. The molecule has 0 unspecified atom stereocenters. The number of ether oxygens (including phenoxy) is 1. The molecule has 0 atom stereocenters. The lowest BCUT2D eigenvalue weighted by Crippen LogP contribution is -2.46. The first-order valence-electron chi connectivity index (χ1n) is 10.9. The van der Waals surface area contributed by atoms with Gasteiger partial charge in [0, 0.05) is 31.7 Å². The van der Waals surface area contributed by atoms with E-state index in [1.807, 2.05) is 18.2 Å². The fraction of sp³-hybridized carbons (Fsp3) is 0.320. The average molecular weight is 466 g/mol. The molecular weight excluding hydrogens is 438 g/mol. The van der Waals surface area contributed by atoms with Gasteiger partial charge in [-0.25, -0.2) is 8.42 Å². The van der Waals surface area contributed by atoms with Gasteiger partial charge >= 0.3 is 0 Å². The van der Waals surface area contributed by atoms with Crippen molar-refractivity contribution in [3.8, 4) is 11.8 Å². The predicted octanol–water partition coefficient (Wildman–Crippen LogP) is 4.02. The number of rotatable bonds is 8. The van der Waals surface area contributed by atoms with Crippen LogP contribution in [-0.4, -0.2) is 43.9 Å². The molecule has 33 heavy (non-hydrogen) atoms. The maximum absolute atomic E-state index is 13.7. The highest BCUT2D eigenvalue weighted by molar-refractivity contribution is 7.89. The summed E-state index contributed by atoms with van der Waals surface area (Å²) >= 11 is 0. The second-order valence-electron chi connectivity index (χ2n) is 8.13. The van der Waals surface area contributed by atoms with E-state index in [4.69, 9.17) is 14.4 Å². The second kappa shape index (κ2) is 10.2. The average Bonchev–Trinajstić information content (AvgIpc) is 3.37. The molecule has 1 fully saturated rings. The first-order chi connectivity index (χ1) is 16.0. The van der Waals surface area contributed by atoms with Crippen LogP contribution < -0.4 is 4.74 Å². The summed E-state index contributed by atoms with van der Waals surface area (Å²) in [4.78, 5) is 2.51. The van der Waals surface area contributed by atoms with Crippen LogP contribution in [0.5, 0.6) is 5.75 Å². The lowest BCUT2D eigenvalue weighted by atomic mass is 10.0. The summed E-state index contributed by atoms with van der Waals surface area (Å²) in [5, 5.41) is 9.13. The smallest absolute Gasteiger partial charge is 0.243 e. The number of benzene rings is 2. The summed E-state index contributed by atoms with van der Waals surface area (Å²) in [7, 11) is -2.23. The number of furan rings is 1. The minimum atomic E-state index is -3.76. The van der Waals surface area contributed by atoms with Crippen LogP contribution in [0.2, 0.25) is 0 Å². The molecule has 2 heterocycles. The van der Waals surface area contributed by atoms with Crippen molar-refractivity contribution in [3.05, 3.63) is 83.8 Å². The molecule has 1 aliphatic heterocycles. The van der Waals surface area contributed by atoms with E-state index in [0.29, 0.717) is 29.9 Å². The Hall–Kier alpha value is -3.12. The van der Waals surface area contributed by atoms with Crippen molar-refractivity contribution >= 4 is 10.0 Å². The Morgan fingerprint density at radius 2 is 1.91 bits per heavy atom. The molecule has 1 saturated heterocycles. The first kappa shape index (κ1) is 23.1. The van der Waals surface area contributed by atoms with E-state index in [0.717, 1.165) is 25.2 Å². The van der Waals surface area contributed by atoms with Crippen LogP contribution in [0, 0.1) is 11.3 Å². The highest BCUT2D eigenvalue weighted by atomic mass is 32.2. The van der Waals surface area contributed by atoms with Crippen molar-refractivity contribution < 1.29 is 17.6 Å². The van der Waals surface area contributed by atoms with Crippen molar-refractivity contribution in [2.24, 2.45) is 0 Å². The van der Waals surface area contributed by atoms with Gasteiger partial charge in [-0.15, -0.1) is 0 Å². The molecule has 0 N–H and O–H groups in total. The number of nitriles is 1. The van der Waals surface area contributed by atoms with Gasteiger partial charge in [0.25, 0.3) is 0 Å². The van der Waals surface area contributed by atoms with Crippen molar-refractivity contribution in [2.75, 3.05) is 20.2 Å². The Labute approximate surface area is 194 Å². The van der Waals surface area contributed by atoms with Gasteiger partial charge in [0.1, 0.15) is 11.5 Å². The molecular formula is C25H27N3O4S. The van der Waals surface area contributed by atoms with Crippen LogP contribution in [0.4, 0.5) is 0 Å². The molecule has 1 aromatic heterocycles. The summed E-state index contributed by atoms with van der Waals surface area (Å²) in [5.41, 5.74) is 1.74. The topological polar surface area (TPSA) is 86.8 Å². The Morgan fingerprint density at radius 3 is 2.61 bits per heavy atom. The fourth-order valence-corrected chi connectivity index (χ4v) is 5.91. The van der Waals surface area contributed by atoms with Crippen LogP contribution in [-0.2, 0) is 23.1 Å². The van der Waals surface area contributed by atoms with E-state index in [1.54, 1.807) is 53.0 Å². The molecule has 7 nitrogen and oxygen atoms in total. The Morgan fingerprint density at radius 1 is 1.12 bits per heavy atom. The minimum Gasteiger partial charge on any atom is -0.497 e. The Balaban J connectivity index is 1.51. The van der Waals surface area contributed by atoms with E-state index in [9.17, 15) is 8.42 Å². The molecule has 0 saturated carbocycles. The van der Waals surface area contributed by atoms with E-state index >= 15 is 0 Å². The van der Waals surface area contributed by atoms with Gasteiger partial charge in [0.15, 0.2) is 0 Å². The zero-order valence-corrected chi connectivity index (χ0v) is 19.4. The van der Waals surface area contributed by atoms with Crippen molar-refractivity contribution in [1.29, 1.82) is 5.26 Å². The molecule has 0 bridgehead atoms. The van der Waals surface area contributed by atoms with Crippen molar-refractivity contribution in [3.63, 3.8) is 0 Å². The number of hydrogen-bond acceptors (Lipinski definition) is 6. The summed E-state index contributed by atoms with van der Waals surface area (Å²) in [6.45, 7) is 2.46. The summed E-state index contributed by atoms with van der Waals surface area (Å²) in [6.07, 6.45) is 2.98. The number of nitrogens with zero attached hydrogens (tertiary/aromatic N) is 3. The van der Waals surface area contributed by atoms with E-state index in [-0.39, 0.29) is 17.5 Å². The first-order valence-corrected chi connectivity index (χ1v) is 12.3. The standard InChI is InChI=1S/C25H27N3O4S/c1-31-23-7-3-9-25(16-23)33(29,30)28(19-24-8-4-14-32-24)22-10-12-27(13-11-22)18-21-6-2-5-20(15-21)17-26/h2-9,14-16,22H,10-13,18-19H2,1H3. The molecule has 172 valence electrons. The van der Waals surface area contributed by atoms with Crippen molar-refractivity contribution in [1.82, 2.24) is 9.21 Å². The number of piperidine rings is 1. The second-order valence-corrected chi connectivity index (χ2v) is 10.0. The zero-order valence-electron chi connectivity index (χ0n) is 18.6. The summed E-state index contributed by atoms with van der Waals surface area (Å²) in [6, 6.07) is 19.8. The normalized spacial score (nSPS) is 15.4. The number of sulfonamides is 1. The van der Waals surface area contributed by atoms with Crippen LogP contribution in [0.25, 0.3) is 0 Å². The maximum atomic E-state index is 13.7. The van der Waals surface area contributed by atoms with Gasteiger partial charge in [-0.1, -0.05) is 18.2 Å². The van der Waals surface area contributed by atoms with Crippen LogP contribution >= 0.6 is 0 Å². The van der Waals surface area contributed by atoms with Crippen LogP contribution in [0.15, 0.2) is 76.2 Å². The monoisotopic (exact) mass is 465 g/mol. The third kappa shape index (κ3) is 5.45. The maximum Gasteiger partial charge on any atom is 0.243 e. The van der Waals surface area contributed by atoms with E-state index in [2.05, 4.69) is 11.0 Å². The number of methoxy groups -OCH3 is 1. The van der Waals surface area contributed by atoms with Crippen molar-refractivity contribution in [2.45, 2.75) is 36.9 Å². The van der Waals surface area contributed by atoms with E-state index < -0.39 is 10.0 Å². The highest BCUT2D eigenvalue weighted by Gasteiger charge is 2.34. The molecule has 0 aliphatic carbocycles. The zero-order chi connectivity index (χ0) is 23.3. The SMILES string of the molecule is COc1cccc(S(=O)(=O)N(Cc2ccco2)C2CCN(Cc3cccc(C#N)c3)CC2)c1. The van der Waals surface area contributed by atoms with Crippen LogP contribution in [0.1, 0.15) is 29.7 Å². The minimum absolute atomic E-state index is 0.145. The molecule has 0 spiro atoms. The Bertz CT molecular complexity index is 1210. The third-order valence-electron chi connectivity index (χ3n) is 5.97. The highest BCUT2D eigenvalue weighted by Crippen LogP contribution is 2.29. The summed E-state index contributed by atoms with van der Waals surface area (Å²) < 4.78 is 39.6. The quantitative estimate of drug-likeness (QED) is 0.500. The molecule has 0 amide bonds. The van der Waals surface area contributed by atoms with E-state index in [1.165, 1.54) is 7.11 Å². The van der Waals surface area contributed by atoms with Gasteiger partial charge in [0.2, 0.25) is 10.0 Å². The van der Waals surface area contributed by atoms with Gasteiger partial charge in [-0.2, -0.15) is 9.57 Å². The predicted molar refractivity (Wildman–Crippen MR) is 124 cm³/mol. The van der Waals surface area contributed by atoms with Gasteiger partial charge in [-0.05, 0) is 54.8 Å². The fourth-order valence-electron chi connectivity index (χ4n) is 4.23. The Kier molecular flexibility index (Phi) is 7.14. The molecule has 2 aromatic carbocycles. The van der Waals surface area contributed by atoms with Gasteiger partial charge in [-0.3, -0.25) is 4.90 Å². The lowest BCUT2D eigenvalue weighted by molar-refractivity contribution is 0.147. The number of likely N-dealkylation sites (tertiary alicyclic amines) is 1. The molecule has 3 aromatic rings. The molecule has 4 rings (SSSR count). The van der Waals surface area contributed by atoms with Gasteiger partial charge in [0.05, 0.1) is 36.4 Å². The molecule has 0 radical (unpaired) electrons. The summed E-state index contributed by atoms with van der Waals surface area (Å²) in [5.74, 6) is 1.11. The van der Waals surface area contributed by atoms with Gasteiger partial charge < -0.3 is 9.15 Å². The number of hydrogen-bond donors (Lipinski definition) is 0. The molecule has 8 heteroatoms. The lowest BCUT2D eigenvalue weighted by Gasteiger charge is -2.37.